The van der Waals surface area contributed by atoms with E-state index in [4.69, 9.17) is 4.74 Å². The van der Waals surface area contributed by atoms with E-state index in [0.717, 1.165) is 25.3 Å². The molecule has 0 radical (unpaired) electrons. The zero-order valence-electron chi connectivity index (χ0n) is 13.2. The quantitative estimate of drug-likeness (QED) is 0.755. The summed E-state index contributed by atoms with van der Waals surface area (Å²) >= 11 is 0. The van der Waals surface area contributed by atoms with Crippen LogP contribution < -0.4 is 10.1 Å². The van der Waals surface area contributed by atoms with Gasteiger partial charge in [0.2, 0.25) is 0 Å². The van der Waals surface area contributed by atoms with Gasteiger partial charge in [0.15, 0.2) is 5.75 Å². The molecular weight excluding hydrogens is 262 g/mol. The van der Waals surface area contributed by atoms with Crippen LogP contribution in [0.2, 0.25) is 0 Å². The average molecular weight is 287 g/mol. The Labute approximate surface area is 127 Å². The molecule has 0 saturated heterocycles. The predicted molar refractivity (Wildman–Crippen MR) is 85.4 cm³/mol. The summed E-state index contributed by atoms with van der Waals surface area (Å²) in [5.74, 6) is 0.818. The third-order valence-corrected chi connectivity index (χ3v) is 3.26. The van der Waals surface area contributed by atoms with Gasteiger partial charge in [-0.1, -0.05) is 31.2 Å². The fourth-order valence-corrected chi connectivity index (χ4v) is 2.08. The number of benzene rings is 1. The summed E-state index contributed by atoms with van der Waals surface area (Å²) in [6.07, 6.45) is 4.87. The van der Waals surface area contributed by atoms with Gasteiger partial charge in [-0.05, 0) is 37.9 Å². The Morgan fingerprint density at radius 2 is 2.10 bits per heavy atom. The number of ether oxygens (including phenoxy) is 1. The number of hydrogen-bond acceptors (Lipinski definition) is 3. The van der Waals surface area contributed by atoms with Crippen LogP contribution in [-0.2, 0) is 13.2 Å². The summed E-state index contributed by atoms with van der Waals surface area (Å²) in [6, 6.07) is 8.86. The summed E-state index contributed by atoms with van der Waals surface area (Å²) < 4.78 is 7.70. The van der Waals surface area contributed by atoms with E-state index in [1.807, 2.05) is 10.9 Å². The molecule has 1 aromatic heterocycles. The largest absolute Gasteiger partial charge is 0.486 e. The maximum atomic E-state index is 5.80. The highest BCUT2D eigenvalue weighted by molar-refractivity contribution is 5.23. The second kappa shape index (κ2) is 7.84. The molecule has 0 saturated carbocycles. The molecular formula is C17H25N3O. The van der Waals surface area contributed by atoms with Crippen LogP contribution in [0.4, 0.5) is 0 Å². The molecule has 21 heavy (non-hydrogen) atoms. The molecule has 2 rings (SSSR count). The summed E-state index contributed by atoms with van der Waals surface area (Å²) in [6.45, 7) is 8.91. The van der Waals surface area contributed by atoms with Crippen LogP contribution in [0.1, 0.15) is 44.4 Å². The number of aromatic nitrogens is 2. The lowest BCUT2D eigenvalue weighted by molar-refractivity contribution is 0.305. The average Bonchev–Trinajstić information content (AvgIpc) is 2.95. The van der Waals surface area contributed by atoms with Crippen LogP contribution in [-0.4, -0.2) is 16.3 Å². The Hall–Kier alpha value is -1.81. The lowest BCUT2D eigenvalue weighted by atomic mass is 10.1. The van der Waals surface area contributed by atoms with Crippen molar-refractivity contribution in [3.8, 4) is 5.75 Å². The number of nitrogens with zero attached hydrogens (tertiary/aromatic N) is 2. The molecule has 0 fully saturated rings. The molecule has 0 bridgehead atoms. The van der Waals surface area contributed by atoms with Crippen LogP contribution >= 0.6 is 0 Å². The van der Waals surface area contributed by atoms with E-state index in [-0.39, 0.29) is 0 Å². The number of nitrogens with one attached hydrogen (secondary N) is 1. The van der Waals surface area contributed by atoms with Gasteiger partial charge in [-0.2, -0.15) is 5.10 Å². The fraction of sp³-hybridized carbons (Fsp3) is 0.471. The van der Waals surface area contributed by atoms with Gasteiger partial charge in [-0.25, -0.2) is 0 Å². The Morgan fingerprint density at radius 1 is 1.29 bits per heavy atom. The summed E-state index contributed by atoms with van der Waals surface area (Å²) in [7, 11) is 0. The van der Waals surface area contributed by atoms with Crippen molar-refractivity contribution in [2.75, 3.05) is 6.54 Å². The van der Waals surface area contributed by atoms with Gasteiger partial charge in [0.1, 0.15) is 6.61 Å². The first-order chi connectivity index (χ1) is 10.2. The first-order valence-corrected chi connectivity index (χ1v) is 7.64. The summed E-state index contributed by atoms with van der Waals surface area (Å²) in [4.78, 5) is 0. The predicted octanol–water partition coefficient (Wildman–Crippen LogP) is 3.54. The van der Waals surface area contributed by atoms with Crippen LogP contribution in [0.5, 0.6) is 5.75 Å². The minimum atomic E-state index is 0.357. The Kier molecular flexibility index (Phi) is 5.81. The molecule has 0 atom stereocenters. The smallest absolute Gasteiger partial charge is 0.157 e. The Morgan fingerprint density at radius 3 is 2.81 bits per heavy atom. The van der Waals surface area contributed by atoms with Gasteiger partial charge in [0.05, 0.1) is 12.4 Å². The van der Waals surface area contributed by atoms with Gasteiger partial charge >= 0.3 is 0 Å². The minimum Gasteiger partial charge on any atom is -0.486 e. The molecule has 0 aliphatic carbocycles. The topological polar surface area (TPSA) is 39.1 Å². The number of rotatable bonds is 8. The lowest BCUT2D eigenvalue weighted by Gasteiger charge is -2.07. The summed E-state index contributed by atoms with van der Waals surface area (Å²) in [5.41, 5.74) is 2.48. The van der Waals surface area contributed by atoms with Crippen molar-refractivity contribution in [3.05, 3.63) is 47.8 Å². The molecule has 1 heterocycles. The zero-order chi connectivity index (χ0) is 15.1. The van der Waals surface area contributed by atoms with Crippen LogP contribution in [0.3, 0.4) is 0 Å². The van der Waals surface area contributed by atoms with Crippen molar-refractivity contribution in [2.45, 2.75) is 46.4 Å². The summed E-state index contributed by atoms with van der Waals surface area (Å²) in [5, 5.41) is 7.69. The van der Waals surface area contributed by atoms with Gasteiger partial charge in [-0.15, -0.1) is 0 Å². The standard InChI is InChI=1S/C17H25N3O/c1-4-8-18-10-15-6-5-7-16(9-15)13-21-17-11-19-20(12-17)14(2)3/h5-7,9,11-12,14,18H,4,8,10,13H2,1-3H3. The zero-order valence-corrected chi connectivity index (χ0v) is 13.2. The molecule has 0 aliphatic rings. The maximum Gasteiger partial charge on any atom is 0.157 e. The lowest BCUT2D eigenvalue weighted by Crippen LogP contribution is -2.13. The molecule has 0 unspecified atom stereocenters. The SMILES string of the molecule is CCCNCc1cccc(COc2cnn(C(C)C)c2)c1. The Balaban J connectivity index is 1.88. The fourth-order valence-electron chi connectivity index (χ4n) is 2.08. The molecule has 0 amide bonds. The van der Waals surface area contributed by atoms with Crippen LogP contribution in [0, 0.1) is 0 Å². The molecule has 2 aromatic rings. The van der Waals surface area contributed by atoms with E-state index in [1.54, 1.807) is 6.20 Å². The van der Waals surface area contributed by atoms with Gasteiger partial charge in [-0.3, -0.25) is 4.68 Å². The first kappa shape index (κ1) is 15.6. The molecule has 0 spiro atoms. The van der Waals surface area contributed by atoms with Gasteiger partial charge < -0.3 is 10.1 Å². The van der Waals surface area contributed by atoms with Crippen molar-refractivity contribution in [1.82, 2.24) is 15.1 Å². The monoisotopic (exact) mass is 287 g/mol. The number of hydrogen-bond donors (Lipinski definition) is 1. The third-order valence-electron chi connectivity index (χ3n) is 3.26. The van der Waals surface area contributed by atoms with Crippen molar-refractivity contribution >= 4 is 0 Å². The van der Waals surface area contributed by atoms with Crippen LogP contribution in [0.25, 0.3) is 0 Å². The molecule has 114 valence electrons. The van der Waals surface area contributed by atoms with Crippen LogP contribution in [0.15, 0.2) is 36.7 Å². The van der Waals surface area contributed by atoms with Crippen molar-refractivity contribution in [3.63, 3.8) is 0 Å². The van der Waals surface area contributed by atoms with E-state index in [1.165, 1.54) is 11.1 Å². The molecule has 0 aliphatic heterocycles. The van der Waals surface area contributed by atoms with Crippen molar-refractivity contribution < 1.29 is 4.74 Å². The van der Waals surface area contributed by atoms with E-state index in [9.17, 15) is 0 Å². The Bertz CT molecular complexity index is 548. The highest BCUT2D eigenvalue weighted by Crippen LogP contribution is 2.15. The first-order valence-electron chi connectivity index (χ1n) is 7.64. The molecule has 4 heteroatoms. The highest BCUT2D eigenvalue weighted by Gasteiger charge is 2.03. The van der Waals surface area contributed by atoms with Crippen molar-refractivity contribution in [1.29, 1.82) is 0 Å². The second-order valence-electron chi connectivity index (χ2n) is 5.54. The molecule has 1 N–H and O–H groups in total. The molecule has 4 nitrogen and oxygen atoms in total. The molecule has 1 aromatic carbocycles. The van der Waals surface area contributed by atoms with E-state index < -0.39 is 0 Å². The van der Waals surface area contributed by atoms with Gasteiger partial charge in [0, 0.05) is 12.6 Å². The third kappa shape index (κ3) is 4.90. The highest BCUT2D eigenvalue weighted by atomic mass is 16.5. The van der Waals surface area contributed by atoms with E-state index in [2.05, 4.69) is 55.5 Å². The minimum absolute atomic E-state index is 0.357. The van der Waals surface area contributed by atoms with Crippen molar-refractivity contribution in [2.24, 2.45) is 0 Å². The second-order valence-corrected chi connectivity index (χ2v) is 5.54. The van der Waals surface area contributed by atoms with Gasteiger partial charge in [0.25, 0.3) is 0 Å². The van der Waals surface area contributed by atoms with E-state index in [0.29, 0.717) is 12.6 Å². The maximum absolute atomic E-state index is 5.80. The normalized spacial score (nSPS) is 11.0. The van der Waals surface area contributed by atoms with E-state index >= 15 is 0 Å².